The number of carbonyl (C=O) groups excluding carboxylic acids is 1. The van der Waals surface area contributed by atoms with E-state index in [1.54, 1.807) is 0 Å². The van der Waals surface area contributed by atoms with E-state index in [4.69, 9.17) is 10.1 Å². The molecule has 2 aromatic heterocycles. The fourth-order valence-electron chi connectivity index (χ4n) is 4.18. The number of nitrogens with one attached hydrogen (secondary N) is 2. The highest BCUT2D eigenvalue weighted by atomic mass is 32.3. The molecule has 30 heavy (non-hydrogen) atoms. The van der Waals surface area contributed by atoms with Crippen LogP contribution in [0.1, 0.15) is 66.9 Å². The van der Waals surface area contributed by atoms with E-state index >= 15 is 0 Å². The SMILES string of the molecule is CC1CCc2c1nc1c(c2NC(=O)N[SH](N)(=O)c2sc(C(C)(C)O)cc2F)CCC1. The number of fused-ring (bicyclic) bond motifs is 2. The number of carbonyl (C=O) groups is 1. The van der Waals surface area contributed by atoms with E-state index in [0.717, 1.165) is 77.7 Å². The summed E-state index contributed by atoms with van der Waals surface area (Å²) in [4.78, 5) is 17.8. The Hall–Kier alpha value is -1.88. The van der Waals surface area contributed by atoms with E-state index in [1.165, 1.54) is 13.8 Å². The minimum absolute atomic E-state index is 0.270. The summed E-state index contributed by atoms with van der Waals surface area (Å²) in [6.45, 7) is 5.11. The Labute approximate surface area is 180 Å². The molecule has 2 aliphatic carbocycles. The maximum atomic E-state index is 14.4. The summed E-state index contributed by atoms with van der Waals surface area (Å²) >= 11 is 0.797. The molecule has 0 fully saturated rings. The number of nitrogens with zero attached hydrogens (tertiary/aromatic N) is 1. The molecule has 164 valence electrons. The van der Waals surface area contributed by atoms with Crippen molar-refractivity contribution in [3.63, 3.8) is 0 Å². The Kier molecular flexibility index (Phi) is 5.24. The normalized spacial score (nSPS) is 18.8. The van der Waals surface area contributed by atoms with Gasteiger partial charge < -0.3 is 10.4 Å². The third-order valence-corrected chi connectivity index (χ3v) is 9.40. The van der Waals surface area contributed by atoms with Crippen molar-refractivity contribution in [1.82, 2.24) is 9.71 Å². The Bertz CT molecular complexity index is 1080. The molecule has 7 nitrogen and oxygen atoms in total. The monoisotopic (exact) mass is 454 g/mol. The van der Waals surface area contributed by atoms with Gasteiger partial charge in [-0.05, 0) is 69.1 Å². The molecule has 5 N–H and O–H groups in total. The zero-order chi connectivity index (χ0) is 21.8. The van der Waals surface area contributed by atoms with Crippen LogP contribution in [0.2, 0.25) is 0 Å². The van der Waals surface area contributed by atoms with Crippen molar-refractivity contribution in [1.29, 1.82) is 0 Å². The van der Waals surface area contributed by atoms with Gasteiger partial charge in [0.05, 0.1) is 11.3 Å². The third-order valence-electron chi connectivity index (χ3n) is 5.73. The number of aryl methyl sites for hydroxylation is 1. The molecule has 10 heteroatoms. The molecule has 2 aromatic rings. The first kappa shape index (κ1) is 21.4. The molecule has 0 saturated heterocycles. The zero-order valence-corrected chi connectivity index (χ0v) is 18.9. The number of pyridine rings is 1. The third kappa shape index (κ3) is 3.77. The number of rotatable bonds is 4. The number of anilines is 1. The van der Waals surface area contributed by atoms with Gasteiger partial charge in [-0.3, -0.25) is 14.8 Å². The van der Waals surface area contributed by atoms with Crippen molar-refractivity contribution in [3.05, 3.63) is 39.3 Å². The Morgan fingerprint density at radius 1 is 1.37 bits per heavy atom. The van der Waals surface area contributed by atoms with Crippen molar-refractivity contribution >= 4 is 33.4 Å². The summed E-state index contributed by atoms with van der Waals surface area (Å²) in [6, 6.07) is 0.365. The fraction of sp³-hybridized carbons (Fsp3) is 0.500. The van der Waals surface area contributed by atoms with Crippen LogP contribution in [0.15, 0.2) is 10.3 Å². The van der Waals surface area contributed by atoms with Gasteiger partial charge >= 0.3 is 6.03 Å². The standard InChI is InChI=1S/C20H27FN4O3S2/c1-10-7-8-12-16(10)23-14-6-4-5-11(14)17(12)24-19(26)25-30(22,28)18-13(21)9-15(29-18)20(2,3)27/h9-10,27,30H,4-8H2,1-3H3,(H4,22,23,24,25,26,28). The molecule has 0 radical (unpaired) electrons. The molecule has 0 aliphatic heterocycles. The topological polar surface area (TPSA) is 117 Å². The molecule has 2 heterocycles. The lowest BCUT2D eigenvalue weighted by Crippen LogP contribution is -2.45. The summed E-state index contributed by atoms with van der Waals surface area (Å²) in [5, 5.41) is 18.8. The lowest BCUT2D eigenvalue weighted by atomic mass is 10.0. The van der Waals surface area contributed by atoms with Crippen molar-refractivity contribution in [3.8, 4) is 0 Å². The van der Waals surface area contributed by atoms with E-state index in [-0.39, 0.29) is 9.09 Å². The van der Waals surface area contributed by atoms with Gasteiger partial charge in [0.15, 0.2) is 5.82 Å². The molecule has 1 unspecified atom stereocenters. The first-order valence-corrected chi connectivity index (χ1v) is 12.6. The highest BCUT2D eigenvalue weighted by Crippen LogP contribution is 2.41. The Morgan fingerprint density at radius 3 is 2.77 bits per heavy atom. The number of thiophene rings is 1. The van der Waals surface area contributed by atoms with Crippen LogP contribution < -0.4 is 15.2 Å². The van der Waals surface area contributed by atoms with Crippen LogP contribution >= 0.6 is 11.3 Å². The number of hydrogen-bond donors (Lipinski definition) is 5. The fourth-order valence-corrected chi connectivity index (χ4v) is 6.78. The first-order valence-electron chi connectivity index (χ1n) is 10.0. The summed E-state index contributed by atoms with van der Waals surface area (Å²) in [7, 11) is -4.02. The van der Waals surface area contributed by atoms with E-state index in [2.05, 4.69) is 17.0 Å². The van der Waals surface area contributed by atoms with Gasteiger partial charge in [0.25, 0.3) is 0 Å². The van der Waals surface area contributed by atoms with Crippen molar-refractivity contribution in [2.24, 2.45) is 5.14 Å². The van der Waals surface area contributed by atoms with Crippen LogP contribution in [0, 0.1) is 5.82 Å². The van der Waals surface area contributed by atoms with E-state index < -0.39 is 27.8 Å². The lowest BCUT2D eigenvalue weighted by Gasteiger charge is -2.22. The van der Waals surface area contributed by atoms with Crippen LogP contribution in [0.5, 0.6) is 0 Å². The van der Waals surface area contributed by atoms with Gasteiger partial charge in [-0.1, -0.05) is 6.92 Å². The molecule has 2 aliphatic rings. The number of urea groups is 1. The number of aromatic nitrogens is 1. The van der Waals surface area contributed by atoms with Crippen LogP contribution in [-0.2, 0) is 35.2 Å². The maximum absolute atomic E-state index is 14.4. The Balaban J connectivity index is 1.60. The van der Waals surface area contributed by atoms with Gasteiger partial charge in [0.1, 0.15) is 4.21 Å². The molecule has 1 atom stereocenters. The minimum atomic E-state index is -4.02. The number of hydrogen-bond acceptors (Lipinski definition) is 5. The molecular weight excluding hydrogens is 427 g/mol. The van der Waals surface area contributed by atoms with Gasteiger partial charge in [-0.15, -0.1) is 11.3 Å². The van der Waals surface area contributed by atoms with Crippen molar-refractivity contribution in [2.45, 2.75) is 68.6 Å². The van der Waals surface area contributed by atoms with Gasteiger partial charge in [0.2, 0.25) is 0 Å². The van der Waals surface area contributed by atoms with Crippen molar-refractivity contribution in [2.75, 3.05) is 5.32 Å². The largest absolute Gasteiger partial charge is 0.385 e. The number of nitrogens with two attached hydrogens (primary N) is 1. The van der Waals surface area contributed by atoms with Gasteiger partial charge in [-0.25, -0.2) is 13.4 Å². The van der Waals surface area contributed by atoms with E-state index in [1.807, 2.05) is 0 Å². The quantitative estimate of drug-likeness (QED) is 0.457. The summed E-state index contributed by atoms with van der Waals surface area (Å²) in [6.07, 6.45) is 4.47. The van der Waals surface area contributed by atoms with Crippen LogP contribution in [0.4, 0.5) is 14.9 Å². The van der Waals surface area contributed by atoms with E-state index in [9.17, 15) is 18.5 Å². The molecule has 0 bridgehead atoms. The smallest absolute Gasteiger partial charge is 0.330 e. The van der Waals surface area contributed by atoms with Crippen molar-refractivity contribution < 1.29 is 18.5 Å². The van der Waals surface area contributed by atoms with Crippen LogP contribution in [-0.4, -0.2) is 20.3 Å². The van der Waals surface area contributed by atoms with Gasteiger partial charge in [0, 0.05) is 26.6 Å². The number of thiol groups is 1. The molecule has 4 rings (SSSR count). The summed E-state index contributed by atoms with van der Waals surface area (Å²) in [5.41, 5.74) is 3.50. The molecule has 2 amide bonds. The van der Waals surface area contributed by atoms with E-state index in [0.29, 0.717) is 5.92 Å². The molecule has 0 spiro atoms. The first-order chi connectivity index (χ1) is 14.0. The van der Waals surface area contributed by atoms with Gasteiger partial charge in [-0.2, -0.15) is 0 Å². The predicted molar refractivity (Wildman–Crippen MR) is 117 cm³/mol. The minimum Gasteiger partial charge on any atom is -0.385 e. The summed E-state index contributed by atoms with van der Waals surface area (Å²) < 4.78 is 29.4. The molecule has 0 aromatic carbocycles. The number of aliphatic hydroxyl groups is 1. The predicted octanol–water partition coefficient (Wildman–Crippen LogP) is 3.03. The second-order valence-electron chi connectivity index (χ2n) is 8.62. The second-order valence-corrected chi connectivity index (χ2v) is 12.0. The lowest BCUT2D eigenvalue weighted by molar-refractivity contribution is 0.0823. The highest BCUT2D eigenvalue weighted by Gasteiger charge is 2.31. The Morgan fingerprint density at radius 2 is 2.10 bits per heavy atom. The second kappa shape index (κ2) is 7.37. The molecular formula is C20H27FN4O3S2. The molecule has 0 saturated carbocycles. The highest BCUT2D eigenvalue weighted by molar-refractivity contribution is 8.01. The van der Waals surface area contributed by atoms with Crippen LogP contribution in [0.3, 0.4) is 0 Å². The average molecular weight is 455 g/mol. The number of halogens is 1. The zero-order valence-electron chi connectivity index (χ0n) is 17.2. The number of amides is 2. The van der Waals surface area contributed by atoms with Crippen LogP contribution in [0.25, 0.3) is 0 Å². The summed E-state index contributed by atoms with van der Waals surface area (Å²) in [5.74, 6) is -0.474. The maximum Gasteiger partial charge on any atom is 0.330 e. The average Bonchev–Trinajstić information content (AvgIpc) is 3.33.